The number of hydrogen-bond donors (Lipinski definition) is 1. The van der Waals surface area contributed by atoms with E-state index in [0.717, 1.165) is 54.2 Å². The highest BCUT2D eigenvalue weighted by Crippen LogP contribution is 2.34. The fraction of sp³-hybridized carbons (Fsp3) is 0.609. The number of ether oxygens (including phenoxy) is 3. The summed E-state index contributed by atoms with van der Waals surface area (Å²) in [6.45, 7) is 11.3. The average Bonchev–Trinajstić information content (AvgIpc) is 3.10. The second-order valence-electron chi connectivity index (χ2n) is 8.46. The van der Waals surface area contributed by atoms with Gasteiger partial charge in [0, 0.05) is 26.1 Å². The molecule has 2 aliphatic heterocycles. The molecule has 1 aromatic heterocycles. The van der Waals surface area contributed by atoms with Gasteiger partial charge in [0.15, 0.2) is 16.7 Å². The molecule has 2 aromatic rings. The van der Waals surface area contributed by atoms with Crippen molar-refractivity contribution in [1.82, 2.24) is 20.1 Å². The number of amides is 1. The molecule has 1 atom stereocenters. The maximum absolute atomic E-state index is 12.9. The minimum absolute atomic E-state index is 0.0376. The zero-order valence-electron chi connectivity index (χ0n) is 19.6. The summed E-state index contributed by atoms with van der Waals surface area (Å²) in [5, 5.41) is 12.7. The monoisotopic (exact) mass is 475 g/mol. The van der Waals surface area contributed by atoms with Gasteiger partial charge in [-0.25, -0.2) is 0 Å². The van der Waals surface area contributed by atoms with Gasteiger partial charge in [0.2, 0.25) is 11.9 Å². The SMILES string of the molecule is CCn1c(SCC(=O)N[C@H](c2ccc3c(c2)OCCCO3)C(C)C)nnc1N1CCOCC1. The van der Waals surface area contributed by atoms with Gasteiger partial charge in [0.25, 0.3) is 0 Å². The van der Waals surface area contributed by atoms with Gasteiger partial charge >= 0.3 is 0 Å². The van der Waals surface area contributed by atoms with E-state index in [1.165, 1.54) is 11.8 Å². The first-order valence-corrected chi connectivity index (χ1v) is 12.6. The number of carbonyl (C=O) groups excluding carboxylic acids is 1. The number of anilines is 1. The Kier molecular flexibility index (Phi) is 7.97. The quantitative estimate of drug-likeness (QED) is 0.583. The highest BCUT2D eigenvalue weighted by molar-refractivity contribution is 7.99. The Hall–Kier alpha value is -2.46. The number of thioether (sulfide) groups is 1. The molecule has 9 nitrogen and oxygen atoms in total. The Morgan fingerprint density at radius 1 is 1.12 bits per heavy atom. The third-order valence-electron chi connectivity index (χ3n) is 5.75. The fourth-order valence-electron chi connectivity index (χ4n) is 4.02. The highest BCUT2D eigenvalue weighted by atomic mass is 32.2. The first kappa shape index (κ1) is 23.7. The number of carbonyl (C=O) groups is 1. The summed E-state index contributed by atoms with van der Waals surface area (Å²) in [7, 11) is 0. The molecular weight excluding hydrogens is 442 g/mol. The molecule has 3 heterocycles. The number of morpholine rings is 1. The van der Waals surface area contributed by atoms with Crippen molar-refractivity contribution in [2.45, 2.75) is 44.9 Å². The number of benzene rings is 1. The van der Waals surface area contributed by atoms with Crippen molar-refractivity contribution in [2.24, 2.45) is 5.92 Å². The summed E-state index contributed by atoms with van der Waals surface area (Å²) < 4.78 is 19.1. The van der Waals surface area contributed by atoms with E-state index in [1.807, 2.05) is 18.2 Å². The zero-order chi connectivity index (χ0) is 23.2. The maximum Gasteiger partial charge on any atom is 0.230 e. The molecule has 180 valence electrons. The van der Waals surface area contributed by atoms with Crippen molar-refractivity contribution in [3.8, 4) is 11.5 Å². The third-order valence-corrected chi connectivity index (χ3v) is 6.72. The van der Waals surface area contributed by atoms with Crippen LogP contribution in [0.1, 0.15) is 38.8 Å². The van der Waals surface area contributed by atoms with E-state index in [4.69, 9.17) is 14.2 Å². The molecule has 0 unspecified atom stereocenters. The summed E-state index contributed by atoms with van der Waals surface area (Å²) in [6.07, 6.45) is 0.862. The van der Waals surface area contributed by atoms with Crippen LogP contribution in [0, 0.1) is 5.92 Å². The van der Waals surface area contributed by atoms with E-state index in [0.29, 0.717) is 26.4 Å². The van der Waals surface area contributed by atoms with Crippen LogP contribution in [-0.4, -0.2) is 65.9 Å². The molecule has 0 aliphatic carbocycles. The molecule has 4 rings (SSSR count). The molecule has 0 saturated carbocycles. The lowest BCUT2D eigenvalue weighted by molar-refractivity contribution is -0.119. The number of aromatic nitrogens is 3. The summed E-state index contributed by atoms with van der Waals surface area (Å²) in [4.78, 5) is 15.1. The van der Waals surface area contributed by atoms with Crippen LogP contribution in [0.3, 0.4) is 0 Å². The van der Waals surface area contributed by atoms with Gasteiger partial charge in [-0.15, -0.1) is 10.2 Å². The smallest absolute Gasteiger partial charge is 0.230 e. The third kappa shape index (κ3) is 5.73. The minimum Gasteiger partial charge on any atom is -0.490 e. The van der Waals surface area contributed by atoms with Crippen LogP contribution in [0.4, 0.5) is 5.95 Å². The van der Waals surface area contributed by atoms with Crippen molar-refractivity contribution in [3.05, 3.63) is 23.8 Å². The van der Waals surface area contributed by atoms with Gasteiger partial charge in [-0.05, 0) is 30.5 Å². The largest absolute Gasteiger partial charge is 0.490 e. The van der Waals surface area contributed by atoms with Crippen LogP contribution in [0.25, 0.3) is 0 Å². The summed E-state index contributed by atoms with van der Waals surface area (Å²) in [6, 6.07) is 5.81. The standard InChI is InChI=1S/C23H33N5O4S/c1-4-28-22(27-8-12-30-13-9-27)25-26-23(28)33-15-20(29)24-21(16(2)3)17-6-7-18-19(14-17)32-11-5-10-31-18/h6-7,14,16,21H,4-5,8-13,15H2,1-3H3,(H,24,29)/t21-/m0/s1. The second kappa shape index (κ2) is 11.1. The summed E-state index contributed by atoms with van der Waals surface area (Å²) >= 11 is 1.41. The lowest BCUT2D eigenvalue weighted by Crippen LogP contribution is -2.38. The van der Waals surface area contributed by atoms with Crippen molar-refractivity contribution in [1.29, 1.82) is 0 Å². The molecule has 10 heteroatoms. The Bertz CT molecular complexity index is 945. The van der Waals surface area contributed by atoms with Crippen LogP contribution in [0.15, 0.2) is 23.4 Å². The van der Waals surface area contributed by atoms with E-state index in [-0.39, 0.29) is 23.6 Å². The van der Waals surface area contributed by atoms with Crippen LogP contribution >= 0.6 is 11.8 Å². The van der Waals surface area contributed by atoms with Gasteiger partial charge in [0.05, 0.1) is 38.2 Å². The van der Waals surface area contributed by atoms with Crippen molar-refractivity contribution in [2.75, 3.05) is 50.2 Å². The number of nitrogens with one attached hydrogen (secondary N) is 1. The van der Waals surface area contributed by atoms with Crippen LogP contribution < -0.4 is 19.7 Å². The zero-order valence-corrected chi connectivity index (χ0v) is 20.4. The predicted molar refractivity (Wildman–Crippen MR) is 127 cm³/mol. The second-order valence-corrected chi connectivity index (χ2v) is 9.40. The lowest BCUT2D eigenvalue weighted by Gasteiger charge is -2.27. The number of hydrogen-bond acceptors (Lipinski definition) is 8. The fourth-order valence-corrected chi connectivity index (χ4v) is 4.82. The first-order chi connectivity index (χ1) is 16.1. The van der Waals surface area contributed by atoms with E-state index < -0.39 is 0 Å². The molecule has 1 saturated heterocycles. The van der Waals surface area contributed by atoms with Gasteiger partial charge in [0.1, 0.15) is 0 Å². The van der Waals surface area contributed by atoms with Crippen molar-refractivity contribution >= 4 is 23.6 Å². The molecule has 1 aromatic carbocycles. The Labute approximate surface area is 199 Å². The molecule has 1 amide bonds. The Morgan fingerprint density at radius 3 is 2.61 bits per heavy atom. The van der Waals surface area contributed by atoms with Gasteiger partial charge in [-0.2, -0.15) is 0 Å². The summed E-state index contributed by atoms with van der Waals surface area (Å²) in [5.74, 6) is 2.80. The number of fused-ring (bicyclic) bond motifs is 1. The average molecular weight is 476 g/mol. The molecule has 1 fully saturated rings. The van der Waals surface area contributed by atoms with E-state index in [2.05, 4.69) is 45.8 Å². The van der Waals surface area contributed by atoms with E-state index >= 15 is 0 Å². The van der Waals surface area contributed by atoms with Gasteiger partial charge in [-0.1, -0.05) is 31.7 Å². The molecular formula is C23H33N5O4S. The molecule has 0 spiro atoms. The molecule has 0 radical (unpaired) electrons. The normalized spacial score (nSPS) is 17.0. The minimum atomic E-state index is -0.122. The number of rotatable bonds is 8. The summed E-state index contributed by atoms with van der Waals surface area (Å²) in [5.41, 5.74) is 1.01. The maximum atomic E-state index is 12.9. The number of nitrogens with zero attached hydrogens (tertiary/aromatic N) is 4. The molecule has 2 aliphatic rings. The Morgan fingerprint density at radius 2 is 1.88 bits per heavy atom. The topological polar surface area (TPSA) is 90.7 Å². The molecule has 1 N–H and O–H groups in total. The predicted octanol–water partition coefficient (Wildman–Crippen LogP) is 2.90. The lowest BCUT2D eigenvalue weighted by atomic mass is 9.95. The van der Waals surface area contributed by atoms with Crippen LogP contribution in [-0.2, 0) is 16.1 Å². The molecule has 0 bridgehead atoms. The van der Waals surface area contributed by atoms with E-state index in [9.17, 15) is 4.79 Å². The highest BCUT2D eigenvalue weighted by Gasteiger charge is 2.23. The Balaban J connectivity index is 1.40. The van der Waals surface area contributed by atoms with Crippen molar-refractivity contribution < 1.29 is 19.0 Å². The van der Waals surface area contributed by atoms with Crippen molar-refractivity contribution in [3.63, 3.8) is 0 Å². The van der Waals surface area contributed by atoms with Gasteiger partial charge in [-0.3, -0.25) is 9.36 Å². The van der Waals surface area contributed by atoms with E-state index in [1.54, 1.807) is 0 Å². The first-order valence-electron chi connectivity index (χ1n) is 11.6. The van der Waals surface area contributed by atoms with Crippen LogP contribution in [0.2, 0.25) is 0 Å². The molecule has 33 heavy (non-hydrogen) atoms. The van der Waals surface area contributed by atoms with Gasteiger partial charge < -0.3 is 24.4 Å². The van der Waals surface area contributed by atoms with Crippen LogP contribution in [0.5, 0.6) is 11.5 Å².